The number of thioether (sulfide) groups is 1. The summed E-state index contributed by atoms with van der Waals surface area (Å²) < 4.78 is 1.71. The van der Waals surface area contributed by atoms with E-state index in [4.69, 9.17) is 0 Å². The van der Waals surface area contributed by atoms with Crippen molar-refractivity contribution in [3.8, 4) is 0 Å². The van der Waals surface area contributed by atoms with Gasteiger partial charge in [-0.15, -0.1) is 0 Å². The second-order valence-corrected chi connectivity index (χ2v) is 5.54. The van der Waals surface area contributed by atoms with Crippen LogP contribution in [0.25, 0.3) is 0 Å². The van der Waals surface area contributed by atoms with Gasteiger partial charge in [-0.25, -0.2) is 4.98 Å². The van der Waals surface area contributed by atoms with Crippen molar-refractivity contribution >= 4 is 17.6 Å². The van der Waals surface area contributed by atoms with E-state index in [-0.39, 0.29) is 11.6 Å². The Labute approximate surface area is 107 Å². The summed E-state index contributed by atoms with van der Waals surface area (Å²) in [6.07, 6.45) is 5.47. The number of hydrogen-bond donors (Lipinski definition) is 1. The van der Waals surface area contributed by atoms with Gasteiger partial charge in [-0.2, -0.15) is 11.8 Å². The summed E-state index contributed by atoms with van der Waals surface area (Å²) in [5, 5.41) is 3.16. The van der Waals surface area contributed by atoms with Crippen LogP contribution >= 0.6 is 11.8 Å². The molecule has 5 heteroatoms. The molecule has 0 aromatic carbocycles. The largest absolute Gasteiger partial charge is 0.362 e. The van der Waals surface area contributed by atoms with E-state index in [0.29, 0.717) is 11.7 Å². The summed E-state index contributed by atoms with van der Waals surface area (Å²) in [5.74, 6) is 1.86. The van der Waals surface area contributed by atoms with E-state index in [1.165, 1.54) is 0 Å². The van der Waals surface area contributed by atoms with Crippen LogP contribution in [-0.2, 0) is 6.54 Å². The van der Waals surface area contributed by atoms with Crippen molar-refractivity contribution < 1.29 is 0 Å². The van der Waals surface area contributed by atoms with Crippen molar-refractivity contribution in [1.82, 2.24) is 9.55 Å². The van der Waals surface area contributed by atoms with E-state index in [9.17, 15) is 4.79 Å². The molecular weight excluding hydrogens is 234 g/mol. The molecule has 1 aromatic rings. The van der Waals surface area contributed by atoms with E-state index in [2.05, 4.69) is 31.1 Å². The Morgan fingerprint density at radius 3 is 2.76 bits per heavy atom. The summed E-state index contributed by atoms with van der Waals surface area (Å²) >= 11 is 1.75. The molecule has 0 aliphatic carbocycles. The number of nitrogens with one attached hydrogen (secondary N) is 1. The molecule has 1 atom stereocenters. The Morgan fingerprint density at radius 2 is 2.18 bits per heavy atom. The normalized spacial score (nSPS) is 12.8. The zero-order valence-electron chi connectivity index (χ0n) is 10.9. The highest BCUT2D eigenvalue weighted by Crippen LogP contribution is 2.03. The topological polar surface area (TPSA) is 46.9 Å². The fourth-order valence-corrected chi connectivity index (χ4v) is 2.19. The Balaban J connectivity index is 2.83. The molecule has 0 amide bonds. The maximum atomic E-state index is 12.1. The van der Waals surface area contributed by atoms with Crippen LogP contribution < -0.4 is 10.9 Å². The van der Waals surface area contributed by atoms with Crippen molar-refractivity contribution in [2.45, 2.75) is 33.4 Å². The first-order chi connectivity index (χ1) is 8.04. The first-order valence-corrected chi connectivity index (χ1v) is 7.25. The SMILES string of the molecule is CSCC(C)Nc1nccn(CC(C)C)c1=O. The van der Waals surface area contributed by atoms with Gasteiger partial charge in [-0.3, -0.25) is 4.79 Å². The summed E-state index contributed by atoms with van der Waals surface area (Å²) in [6, 6.07) is 0.250. The summed E-state index contributed by atoms with van der Waals surface area (Å²) in [6.45, 7) is 6.97. The Hall–Kier alpha value is -0.970. The van der Waals surface area contributed by atoms with E-state index < -0.39 is 0 Å². The lowest BCUT2D eigenvalue weighted by Gasteiger charge is -2.14. The standard InChI is InChI=1S/C12H21N3OS/c1-9(2)7-15-6-5-13-11(12(15)16)14-10(3)8-17-4/h5-6,9-10H,7-8H2,1-4H3,(H,13,14). The molecular formula is C12H21N3OS. The van der Waals surface area contributed by atoms with E-state index >= 15 is 0 Å². The molecule has 0 saturated heterocycles. The molecule has 0 aliphatic rings. The van der Waals surface area contributed by atoms with Gasteiger partial charge in [0.25, 0.3) is 5.56 Å². The Kier molecular flexibility index (Phi) is 5.55. The molecule has 17 heavy (non-hydrogen) atoms. The van der Waals surface area contributed by atoms with Crippen LogP contribution in [0.3, 0.4) is 0 Å². The second kappa shape index (κ2) is 6.69. The number of nitrogens with zero attached hydrogens (tertiary/aromatic N) is 2. The van der Waals surface area contributed by atoms with Crippen molar-refractivity contribution in [2.75, 3.05) is 17.3 Å². The third-order valence-corrected chi connectivity index (χ3v) is 3.11. The molecule has 1 heterocycles. The molecule has 1 rings (SSSR count). The lowest BCUT2D eigenvalue weighted by Crippen LogP contribution is -2.29. The zero-order chi connectivity index (χ0) is 12.8. The second-order valence-electron chi connectivity index (χ2n) is 4.63. The Bertz CT molecular complexity index is 403. The van der Waals surface area contributed by atoms with Gasteiger partial charge in [0, 0.05) is 30.7 Å². The maximum absolute atomic E-state index is 12.1. The molecule has 0 bridgehead atoms. The first kappa shape index (κ1) is 14.1. The van der Waals surface area contributed by atoms with Crippen LogP contribution in [0.5, 0.6) is 0 Å². The van der Waals surface area contributed by atoms with Gasteiger partial charge < -0.3 is 9.88 Å². The average Bonchev–Trinajstić information content (AvgIpc) is 2.23. The van der Waals surface area contributed by atoms with Crippen molar-refractivity contribution in [3.63, 3.8) is 0 Å². The highest BCUT2D eigenvalue weighted by atomic mass is 32.2. The summed E-state index contributed by atoms with van der Waals surface area (Å²) in [4.78, 5) is 16.2. The lowest BCUT2D eigenvalue weighted by atomic mass is 10.2. The van der Waals surface area contributed by atoms with Crippen LogP contribution in [-0.4, -0.2) is 27.6 Å². The molecule has 0 spiro atoms. The molecule has 1 N–H and O–H groups in total. The molecule has 1 aromatic heterocycles. The molecule has 0 saturated carbocycles. The molecule has 0 aliphatic heterocycles. The highest BCUT2D eigenvalue weighted by Gasteiger charge is 2.08. The maximum Gasteiger partial charge on any atom is 0.293 e. The molecule has 1 unspecified atom stereocenters. The van der Waals surface area contributed by atoms with Gasteiger partial charge in [0.1, 0.15) is 0 Å². The minimum absolute atomic E-state index is 0.0332. The third-order valence-electron chi connectivity index (χ3n) is 2.28. The van der Waals surface area contributed by atoms with Gasteiger partial charge in [0.2, 0.25) is 0 Å². The number of hydrogen-bond acceptors (Lipinski definition) is 4. The number of anilines is 1. The van der Waals surface area contributed by atoms with Gasteiger partial charge in [-0.05, 0) is 19.1 Å². The first-order valence-electron chi connectivity index (χ1n) is 5.85. The van der Waals surface area contributed by atoms with Gasteiger partial charge in [-0.1, -0.05) is 13.8 Å². The predicted octanol–water partition coefficient (Wildman–Crippen LogP) is 2.06. The van der Waals surface area contributed by atoms with Crippen LogP contribution in [0.1, 0.15) is 20.8 Å². The minimum Gasteiger partial charge on any atom is -0.362 e. The van der Waals surface area contributed by atoms with E-state index in [1.54, 1.807) is 28.7 Å². The predicted molar refractivity (Wildman–Crippen MR) is 74.8 cm³/mol. The summed E-state index contributed by atoms with van der Waals surface area (Å²) in [5.41, 5.74) is -0.0332. The van der Waals surface area contributed by atoms with Gasteiger partial charge >= 0.3 is 0 Å². The molecule has 0 fully saturated rings. The third kappa shape index (κ3) is 4.42. The van der Waals surface area contributed by atoms with Crippen LogP contribution in [0.15, 0.2) is 17.2 Å². The van der Waals surface area contributed by atoms with Crippen molar-refractivity contribution in [2.24, 2.45) is 5.92 Å². The van der Waals surface area contributed by atoms with Crippen LogP contribution in [0, 0.1) is 5.92 Å². The molecule has 4 nitrogen and oxygen atoms in total. The van der Waals surface area contributed by atoms with Gasteiger partial charge in [0.15, 0.2) is 5.82 Å². The van der Waals surface area contributed by atoms with Gasteiger partial charge in [0.05, 0.1) is 0 Å². The molecule has 0 radical (unpaired) electrons. The fraction of sp³-hybridized carbons (Fsp3) is 0.667. The van der Waals surface area contributed by atoms with E-state index in [0.717, 1.165) is 12.3 Å². The minimum atomic E-state index is -0.0332. The monoisotopic (exact) mass is 255 g/mol. The van der Waals surface area contributed by atoms with Crippen molar-refractivity contribution in [3.05, 3.63) is 22.7 Å². The number of rotatable bonds is 6. The number of aromatic nitrogens is 2. The average molecular weight is 255 g/mol. The quantitative estimate of drug-likeness (QED) is 0.845. The van der Waals surface area contributed by atoms with E-state index in [1.807, 2.05) is 6.26 Å². The smallest absolute Gasteiger partial charge is 0.293 e. The van der Waals surface area contributed by atoms with Crippen LogP contribution in [0.4, 0.5) is 5.82 Å². The van der Waals surface area contributed by atoms with Crippen molar-refractivity contribution in [1.29, 1.82) is 0 Å². The molecule has 96 valence electrons. The van der Waals surface area contributed by atoms with Crippen LogP contribution in [0.2, 0.25) is 0 Å². The summed E-state index contributed by atoms with van der Waals surface area (Å²) in [7, 11) is 0. The zero-order valence-corrected chi connectivity index (χ0v) is 11.8. The Morgan fingerprint density at radius 1 is 1.47 bits per heavy atom. The highest BCUT2D eigenvalue weighted by molar-refractivity contribution is 7.98. The lowest BCUT2D eigenvalue weighted by molar-refractivity contribution is 0.509. The fourth-order valence-electron chi connectivity index (χ4n) is 1.61.